The van der Waals surface area contributed by atoms with Crippen LogP contribution in [0.3, 0.4) is 0 Å². The number of carboxylic acids is 1. The molecule has 0 radical (unpaired) electrons. The summed E-state index contributed by atoms with van der Waals surface area (Å²) in [6, 6.07) is 8.45. The lowest BCUT2D eigenvalue weighted by molar-refractivity contribution is -0.139. The van der Waals surface area contributed by atoms with Crippen LogP contribution in [0.25, 0.3) is 0 Å². The van der Waals surface area contributed by atoms with Crippen LogP contribution in [-0.4, -0.2) is 30.8 Å². The van der Waals surface area contributed by atoms with E-state index in [1.165, 1.54) is 0 Å². The topological polar surface area (TPSA) is 58.6 Å². The highest BCUT2D eigenvalue weighted by Crippen LogP contribution is 2.11. The predicted molar refractivity (Wildman–Crippen MR) is 61.3 cm³/mol. The van der Waals surface area contributed by atoms with Gasteiger partial charge in [0.15, 0.2) is 0 Å². The van der Waals surface area contributed by atoms with Gasteiger partial charge >= 0.3 is 5.97 Å². The van der Waals surface area contributed by atoms with Crippen molar-refractivity contribution in [2.45, 2.75) is 13.0 Å². The summed E-state index contributed by atoms with van der Waals surface area (Å²) < 4.78 is 5.14. The van der Waals surface area contributed by atoms with Crippen LogP contribution in [0.2, 0.25) is 0 Å². The molecule has 1 rings (SSSR count). The maximum atomic E-state index is 11.1. The molecule has 0 saturated carbocycles. The third-order valence-electron chi connectivity index (χ3n) is 2.18. The zero-order chi connectivity index (χ0) is 11.8. The smallest absolute Gasteiger partial charge is 0.325 e. The zero-order valence-corrected chi connectivity index (χ0v) is 9.35. The highest BCUT2D eigenvalue weighted by Gasteiger charge is 2.17. The van der Waals surface area contributed by atoms with E-state index in [0.29, 0.717) is 19.8 Å². The second kappa shape index (κ2) is 6.98. The number of carbonyl (C=O) groups is 1. The molecule has 88 valence electrons. The van der Waals surface area contributed by atoms with Gasteiger partial charge < -0.3 is 9.84 Å². The normalized spacial score (nSPS) is 12.3. The summed E-state index contributed by atoms with van der Waals surface area (Å²) in [7, 11) is 0. The molecule has 2 N–H and O–H groups in total. The van der Waals surface area contributed by atoms with Gasteiger partial charge in [-0.15, -0.1) is 0 Å². The lowest BCUT2D eigenvalue weighted by Gasteiger charge is -2.14. The Morgan fingerprint density at radius 3 is 2.69 bits per heavy atom. The molecule has 0 amide bonds. The highest BCUT2D eigenvalue weighted by molar-refractivity contribution is 5.75. The maximum absolute atomic E-state index is 11.1. The number of carboxylic acid groups (broad SMARTS) is 1. The maximum Gasteiger partial charge on any atom is 0.325 e. The van der Waals surface area contributed by atoms with Gasteiger partial charge in [-0.1, -0.05) is 30.3 Å². The summed E-state index contributed by atoms with van der Waals surface area (Å²) >= 11 is 0. The van der Waals surface area contributed by atoms with Crippen LogP contribution in [0.15, 0.2) is 30.3 Å². The minimum absolute atomic E-state index is 0.521. The minimum Gasteiger partial charge on any atom is -0.480 e. The molecule has 0 aliphatic carbocycles. The molecular weight excluding hydrogens is 206 g/mol. The number of benzene rings is 1. The van der Waals surface area contributed by atoms with E-state index in [2.05, 4.69) is 5.32 Å². The van der Waals surface area contributed by atoms with E-state index in [0.717, 1.165) is 5.56 Å². The molecule has 1 aromatic carbocycles. The standard InChI is InChI=1S/C12H17NO3/c1-2-16-9-8-13-11(12(14)15)10-6-4-3-5-7-10/h3-7,11,13H,2,8-9H2,1H3,(H,14,15). The highest BCUT2D eigenvalue weighted by atomic mass is 16.5. The number of nitrogens with one attached hydrogen (secondary N) is 1. The van der Waals surface area contributed by atoms with Gasteiger partial charge in [-0.25, -0.2) is 0 Å². The Morgan fingerprint density at radius 2 is 2.12 bits per heavy atom. The number of rotatable bonds is 7. The van der Waals surface area contributed by atoms with Gasteiger partial charge in [0.2, 0.25) is 0 Å². The molecule has 0 aliphatic rings. The van der Waals surface area contributed by atoms with Gasteiger partial charge in [-0.05, 0) is 12.5 Å². The first-order chi connectivity index (χ1) is 7.75. The molecule has 0 aromatic heterocycles. The van der Waals surface area contributed by atoms with Crippen molar-refractivity contribution < 1.29 is 14.6 Å². The molecule has 16 heavy (non-hydrogen) atoms. The fraction of sp³-hybridized carbons (Fsp3) is 0.417. The monoisotopic (exact) mass is 223 g/mol. The summed E-state index contributed by atoms with van der Waals surface area (Å²) in [6.07, 6.45) is 0. The Labute approximate surface area is 95.2 Å². The summed E-state index contributed by atoms with van der Waals surface area (Å²) in [5.41, 5.74) is 0.756. The number of hydrogen-bond donors (Lipinski definition) is 2. The third-order valence-corrected chi connectivity index (χ3v) is 2.18. The van der Waals surface area contributed by atoms with Gasteiger partial charge in [0.05, 0.1) is 6.61 Å². The van der Waals surface area contributed by atoms with Crippen LogP contribution < -0.4 is 5.32 Å². The van der Waals surface area contributed by atoms with E-state index < -0.39 is 12.0 Å². The quantitative estimate of drug-likeness (QED) is 0.687. The Hall–Kier alpha value is -1.39. The molecule has 0 aliphatic heterocycles. The van der Waals surface area contributed by atoms with Gasteiger partial charge in [0.25, 0.3) is 0 Å². The number of aliphatic carboxylic acids is 1. The van der Waals surface area contributed by atoms with Crippen molar-refractivity contribution >= 4 is 5.97 Å². The number of ether oxygens (including phenoxy) is 1. The van der Waals surface area contributed by atoms with Crippen LogP contribution in [0, 0.1) is 0 Å². The fourth-order valence-electron chi connectivity index (χ4n) is 1.41. The van der Waals surface area contributed by atoms with Crippen molar-refractivity contribution in [3.05, 3.63) is 35.9 Å². The molecule has 1 atom stereocenters. The fourth-order valence-corrected chi connectivity index (χ4v) is 1.41. The SMILES string of the molecule is CCOCCNC(C(=O)O)c1ccccc1. The molecule has 0 fully saturated rings. The first-order valence-corrected chi connectivity index (χ1v) is 5.34. The summed E-state index contributed by atoms with van der Waals surface area (Å²) in [6.45, 7) is 3.60. The molecule has 4 heteroatoms. The Balaban J connectivity index is 2.52. The van der Waals surface area contributed by atoms with Crippen LogP contribution in [0.5, 0.6) is 0 Å². The van der Waals surface area contributed by atoms with Crippen LogP contribution in [0.4, 0.5) is 0 Å². The minimum atomic E-state index is -0.873. The Morgan fingerprint density at radius 1 is 1.44 bits per heavy atom. The Kier molecular flexibility index (Phi) is 5.53. The average Bonchev–Trinajstić information content (AvgIpc) is 2.30. The first kappa shape index (κ1) is 12.7. The summed E-state index contributed by atoms with van der Waals surface area (Å²) in [5.74, 6) is -0.873. The molecule has 0 heterocycles. The van der Waals surface area contributed by atoms with Gasteiger partial charge in [0, 0.05) is 13.2 Å². The van der Waals surface area contributed by atoms with Crippen LogP contribution in [-0.2, 0) is 9.53 Å². The van der Waals surface area contributed by atoms with Crippen molar-refractivity contribution in [2.75, 3.05) is 19.8 Å². The first-order valence-electron chi connectivity index (χ1n) is 5.34. The molecule has 0 saturated heterocycles. The molecule has 4 nitrogen and oxygen atoms in total. The van der Waals surface area contributed by atoms with Crippen molar-refractivity contribution in [1.29, 1.82) is 0 Å². The lowest BCUT2D eigenvalue weighted by atomic mass is 10.1. The lowest BCUT2D eigenvalue weighted by Crippen LogP contribution is -2.31. The van der Waals surface area contributed by atoms with Crippen molar-refractivity contribution in [1.82, 2.24) is 5.32 Å². The van der Waals surface area contributed by atoms with E-state index in [1.54, 1.807) is 12.1 Å². The average molecular weight is 223 g/mol. The third kappa shape index (κ3) is 4.00. The molecular formula is C12H17NO3. The predicted octanol–water partition coefficient (Wildman–Crippen LogP) is 1.44. The number of hydrogen-bond acceptors (Lipinski definition) is 3. The molecule has 1 unspecified atom stereocenters. The van der Waals surface area contributed by atoms with E-state index in [9.17, 15) is 4.79 Å². The van der Waals surface area contributed by atoms with Crippen molar-refractivity contribution in [3.63, 3.8) is 0 Å². The largest absolute Gasteiger partial charge is 0.480 e. The molecule has 1 aromatic rings. The van der Waals surface area contributed by atoms with Gasteiger partial charge in [-0.2, -0.15) is 0 Å². The van der Waals surface area contributed by atoms with Gasteiger partial charge in [-0.3, -0.25) is 10.1 Å². The van der Waals surface area contributed by atoms with E-state index in [1.807, 2.05) is 25.1 Å². The van der Waals surface area contributed by atoms with Crippen LogP contribution >= 0.6 is 0 Å². The molecule has 0 spiro atoms. The zero-order valence-electron chi connectivity index (χ0n) is 9.35. The summed E-state index contributed by atoms with van der Waals surface area (Å²) in [4.78, 5) is 11.1. The van der Waals surface area contributed by atoms with E-state index in [4.69, 9.17) is 9.84 Å². The Bertz CT molecular complexity index is 313. The van der Waals surface area contributed by atoms with E-state index in [-0.39, 0.29) is 0 Å². The van der Waals surface area contributed by atoms with E-state index >= 15 is 0 Å². The second-order valence-electron chi connectivity index (χ2n) is 3.33. The second-order valence-corrected chi connectivity index (χ2v) is 3.33. The van der Waals surface area contributed by atoms with Crippen molar-refractivity contribution in [3.8, 4) is 0 Å². The summed E-state index contributed by atoms with van der Waals surface area (Å²) in [5, 5.41) is 12.0. The van der Waals surface area contributed by atoms with Crippen molar-refractivity contribution in [2.24, 2.45) is 0 Å². The van der Waals surface area contributed by atoms with Gasteiger partial charge in [0.1, 0.15) is 6.04 Å². The molecule has 0 bridgehead atoms. The van der Waals surface area contributed by atoms with Crippen LogP contribution in [0.1, 0.15) is 18.5 Å².